The number of allylic oxidation sites excluding steroid dienone is 1. The van der Waals surface area contributed by atoms with Crippen LogP contribution >= 0.6 is 0 Å². The average molecular weight is 428 g/mol. The Labute approximate surface area is 188 Å². The third-order valence-corrected chi connectivity index (χ3v) is 5.73. The van der Waals surface area contributed by atoms with Crippen LogP contribution in [-0.4, -0.2) is 55.9 Å². The molecule has 0 aromatic heterocycles. The van der Waals surface area contributed by atoms with Crippen LogP contribution in [0.5, 0.6) is 0 Å². The quantitative estimate of drug-likeness (QED) is 0.436. The number of nitrogens with zero attached hydrogens (tertiary/aromatic N) is 1. The summed E-state index contributed by atoms with van der Waals surface area (Å²) in [6, 6.07) is 21.1. The van der Waals surface area contributed by atoms with Gasteiger partial charge in [0, 0.05) is 43.0 Å². The predicted molar refractivity (Wildman–Crippen MR) is 132 cm³/mol. The van der Waals surface area contributed by atoms with Crippen LogP contribution in [0.15, 0.2) is 78.9 Å². The molecular weight excluding hydrogens is 398 g/mol. The number of amides is 1. The van der Waals surface area contributed by atoms with Crippen molar-refractivity contribution in [2.24, 2.45) is 0 Å². The third kappa shape index (κ3) is 5.29. The van der Waals surface area contributed by atoms with Crippen LogP contribution in [0.4, 0.5) is 5.69 Å². The standard InChI is InChI=1S/C26H29N5O/c1-28-25(31-15-13-29-14-16-31)12-11-24(27)21-7-4-8-23(18-21)30-26(32)22-10-9-19-5-2-3-6-20(19)17-22/h2-12,17-18,25,27-29H,13-16H2,1H3,(H,30,32)/b12-11-,27-24?. The fourth-order valence-electron chi connectivity index (χ4n) is 3.94. The molecule has 0 spiro atoms. The molecular formula is C26H29N5O. The smallest absolute Gasteiger partial charge is 0.255 e. The fourth-order valence-corrected chi connectivity index (χ4v) is 3.94. The second-order valence-corrected chi connectivity index (χ2v) is 7.89. The van der Waals surface area contributed by atoms with Gasteiger partial charge in [-0.3, -0.25) is 9.69 Å². The van der Waals surface area contributed by atoms with Gasteiger partial charge in [-0.2, -0.15) is 0 Å². The summed E-state index contributed by atoms with van der Waals surface area (Å²) >= 11 is 0. The molecule has 6 nitrogen and oxygen atoms in total. The van der Waals surface area contributed by atoms with Gasteiger partial charge in [-0.1, -0.05) is 48.5 Å². The monoisotopic (exact) mass is 427 g/mol. The molecule has 1 fully saturated rings. The Hall–Kier alpha value is -3.32. The van der Waals surface area contributed by atoms with Crippen molar-refractivity contribution in [2.45, 2.75) is 6.17 Å². The van der Waals surface area contributed by atoms with Gasteiger partial charge in [0.1, 0.15) is 0 Å². The summed E-state index contributed by atoms with van der Waals surface area (Å²) in [5.74, 6) is -0.163. The Morgan fingerprint density at radius 1 is 1.00 bits per heavy atom. The van der Waals surface area contributed by atoms with Gasteiger partial charge in [-0.05, 0) is 48.2 Å². The van der Waals surface area contributed by atoms with Crippen LogP contribution in [-0.2, 0) is 0 Å². The first-order chi connectivity index (χ1) is 15.6. The molecule has 1 aliphatic heterocycles. The highest BCUT2D eigenvalue weighted by atomic mass is 16.1. The molecule has 32 heavy (non-hydrogen) atoms. The number of carbonyl (C=O) groups excluding carboxylic acids is 1. The average Bonchev–Trinajstić information content (AvgIpc) is 2.84. The van der Waals surface area contributed by atoms with Gasteiger partial charge < -0.3 is 21.4 Å². The minimum absolute atomic E-state index is 0.0910. The van der Waals surface area contributed by atoms with Crippen molar-refractivity contribution in [1.29, 1.82) is 5.41 Å². The van der Waals surface area contributed by atoms with Gasteiger partial charge >= 0.3 is 0 Å². The Bertz CT molecular complexity index is 1130. The number of fused-ring (bicyclic) bond motifs is 1. The van der Waals surface area contributed by atoms with E-state index in [4.69, 9.17) is 5.41 Å². The second-order valence-electron chi connectivity index (χ2n) is 7.89. The summed E-state index contributed by atoms with van der Waals surface area (Å²) in [6.45, 7) is 3.89. The summed E-state index contributed by atoms with van der Waals surface area (Å²) in [7, 11) is 1.93. The molecule has 164 valence electrons. The molecule has 3 aromatic rings. The molecule has 1 atom stereocenters. The number of carbonyl (C=O) groups is 1. The van der Waals surface area contributed by atoms with E-state index in [1.807, 2.05) is 85.9 Å². The first kappa shape index (κ1) is 21.9. The summed E-state index contributed by atoms with van der Waals surface area (Å²) in [5.41, 5.74) is 2.44. The van der Waals surface area contributed by atoms with Crippen LogP contribution < -0.4 is 16.0 Å². The largest absolute Gasteiger partial charge is 0.322 e. The SMILES string of the molecule is CNC(/C=C\C(=N)c1cccc(NC(=O)c2ccc3ccccc3c2)c1)N1CCNCC1. The van der Waals surface area contributed by atoms with E-state index in [2.05, 4.69) is 20.9 Å². The molecule has 1 aliphatic rings. The lowest BCUT2D eigenvalue weighted by Gasteiger charge is -2.32. The second kappa shape index (κ2) is 10.3. The van der Waals surface area contributed by atoms with E-state index >= 15 is 0 Å². The van der Waals surface area contributed by atoms with Crippen molar-refractivity contribution in [1.82, 2.24) is 15.5 Å². The number of hydrogen-bond donors (Lipinski definition) is 4. The molecule has 0 radical (unpaired) electrons. The zero-order chi connectivity index (χ0) is 22.3. The van der Waals surface area contributed by atoms with E-state index in [9.17, 15) is 4.79 Å². The molecule has 1 heterocycles. The number of nitrogens with one attached hydrogen (secondary N) is 4. The molecule has 0 saturated carbocycles. The highest BCUT2D eigenvalue weighted by Crippen LogP contribution is 2.18. The van der Waals surface area contributed by atoms with E-state index in [0.29, 0.717) is 17.0 Å². The van der Waals surface area contributed by atoms with E-state index in [1.165, 1.54) is 0 Å². The molecule has 3 aromatic carbocycles. The number of likely N-dealkylation sites (N-methyl/N-ethyl adjacent to an activating group) is 1. The van der Waals surface area contributed by atoms with Gasteiger partial charge in [0.15, 0.2) is 0 Å². The minimum atomic E-state index is -0.163. The highest BCUT2D eigenvalue weighted by Gasteiger charge is 2.16. The first-order valence-corrected chi connectivity index (χ1v) is 10.9. The van der Waals surface area contributed by atoms with Gasteiger partial charge in [-0.15, -0.1) is 0 Å². The maximum Gasteiger partial charge on any atom is 0.255 e. The van der Waals surface area contributed by atoms with Crippen molar-refractivity contribution in [3.63, 3.8) is 0 Å². The minimum Gasteiger partial charge on any atom is -0.322 e. The zero-order valence-corrected chi connectivity index (χ0v) is 18.3. The van der Waals surface area contributed by atoms with E-state index < -0.39 is 0 Å². The third-order valence-electron chi connectivity index (χ3n) is 5.73. The zero-order valence-electron chi connectivity index (χ0n) is 18.3. The summed E-state index contributed by atoms with van der Waals surface area (Å²) in [5, 5.41) is 20.2. The number of rotatable bonds is 7. The van der Waals surface area contributed by atoms with Gasteiger partial charge in [-0.25, -0.2) is 0 Å². The topological polar surface area (TPSA) is 80.2 Å². The summed E-state index contributed by atoms with van der Waals surface area (Å²) in [4.78, 5) is 15.1. The van der Waals surface area contributed by atoms with Crippen molar-refractivity contribution >= 4 is 28.1 Å². The maximum atomic E-state index is 12.8. The lowest BCUT2D eigenvalue weighted by atomic mass is 10.1. The normalized spacial score (nSPS) is 15.7. The summed E-state index contributed by atoms with van der Waals surface area (Å²) in [6.07, 6.45) is 3.94. The fraction of sp³-hybridized carbons (Fsp3) is 0.231. The van der Waals surface area contributed by atoms with Crippen LogP contribution in [0.2, 0.25) is 0 Å². The molecule has 1 saturated heterocycles. The molecule has 0 bridgehead atoms. The lowest BCUT2D eigenvalue weighted by Crippen LogP contribution is -2.52. The van der Waals surface area contributed by atoms with Gasteiger partial charge in [0.2, 0.25) is 0 Å². The molecule has 1 amide bonds. The van der Waals surface area contributed by atoms with Crippen LogP contribution in [0, 0.1) is 5.41 Å². The Balaban J connectivity index is 1.43. The van der Waals surface area contributed by atoms with Gasteiger partial charge in [0.25, 0.3) is 5.91 Å². The molecule has 6 heteroatoms. The van der Waals surface area contributed by atoms with Gasteiger partial charge in [0.05, 0.1) is 11.9 Å². The Morgan fingerprint density at radius 2 is 1.78 bits per heavy atom. The highest BCUT2D eigenvalue weighted by molar-refractivity contribution is 6.09. The van der Waals surface area contributed by atoms with E-state index in [1.54, 1.807) is 0 Å². The van der Waals surface area contributed by atoms with Crippen molar-refractivity contribution < 1.29 is 4.79 Å². The lowest BCUT2D eigenvalue weighted by molar-refractivity contribution is 0.102. The number of anilines is 1. The summed E-state index contributed by atoms with van der Waals surface area (Å²) < 4.78 is 0. The Morgan fingerprint density at radius 3 is 2.56 bits per heavy atom. The van der Waals surface area contributed by atoms with Crippen molar-refractivity contribution in [3.8, 4) is 0 Å². The molecule has 4 N–H and O–H groups in total. The van der Waals surface area contributed by atoms with E-state index in [0.717, 1.165) is 42.5 Å². The van der Waals surface area contributed by atoms with Crippen LogP contribution in [0.25, 0.3) is 10.8 Å². The predicted octanol–water partition coefficient (Wildman–Crippen LogP) is 3.47. The number of piperazine rings is 1. The number of hydrogen-bond acceptors (Lipinski definition) is 5. The molecule has 1 unspecified atom stereocenters. The van der Waals surface area contributed by atoms with E-state index in [-0.39, 0.29) is 12.1 Å². The van der Waals surface area contributed by atoms with Crippen LogP contribution in [0.3, 0.4) is 0 Å². The Kier molecular flexibility index (Phi) is 7.07. The first-order valence-electron chi connectivity index (χ1n) is 10.9. The van der Waals surface area contributed by atoms with Crippen LogP contribution in [0.1, 0.15) is 15.9 Å². The number of benzene rings is 3. The molecule has 4 rings (SSSR count). The van der Waals surface area contributed by atoms with Crippen molar-refractivity contribution in [3.05, 3.63) is 90.0 Å². The maximum absolute atomic E-state index is 12.8. The molecule has 0 aliphatic carbocycles. The van der Waals surface area contributed by atoms with Crippen molar-refractivity contribution in [2.75, 3.05) is 38.5 Å².